The van der Waals surface area contributed by atoms with Crippen LogP contribution in [-0.4, -0.2) is 6.04 Å². The van der Waals surface area contributed by atoms with Crippen molar-refractivity contribution in [1.82, 2.24) is 0 Å². The van der Waals surface area contributed by atoms with E-state index in [2.05, 4.69) is 58.1 Å². The molecule has 0 spiro atoms. The van der Waals surface area contributed by atoms with Crippen molar-refractivity contribution >= 4 is 5.69 Å². The molecule has 0 aliphatic heterocycles. The van der Waals surface area contributed by atoms with Crippen molar-refractivity contribution in [1.29, 1.82) is 0 Å². The van der Waals surface area contributed by atoms with E-state index in [9.17, 15) is 0 Å². The van der Waals surface area contributed by atoms with Gasteiger partial charge in [-0.05, 0) is 43.4 Å². The van der Waals surface area contributed by atoms with Crippen LogP contribution in [-0.2, 0) is 0 Å². The molecule has 0 saturated carbocycles. The summed E-state index contributed by atoms with van der Waals surface area (Å²) in [4.78, 5) is 0. The molecule has 84 valence electrons. The Kier molecular flexibility index (Phi) is 4.19. The summed E-state index contributed by atoms with van der Waals surface area (Å²) in [5.74, 6) is 0.612. The maximum atomic E-state index is 3.53. The van der Waals surface area contributed by atoms with Gasteiger partial charge in [-0.15, -0.1) is 0 Å². The van der Waals surface area contributed by atoms with Gasteiger partial charge >= 0.3 is 0 Å². The maximum absolute atomic E-state index is 3.53. The number of nitrogens with one attached hydrogen (secondary N) is 1. The van der Waals surface area contributed by atoms with Gasteiger partial charge in [0.1, 0.15) is 0 Å². The zero-order valence-electron chi connectivity index (χ0n) is 10.6. The van der Waals surface area contributed by atoms with Gasteiger partial charge in [0, 0.05) is 11.7 Å². The van der Waals surface area contributed by atoms with Gasteiger partial charge in [0.05, 0.1) is 0 Å². The fourth-order valence-corrected chi connectivity index (χ4v) is 1.58. The van der Waals surface area contributed by atoms with Crippen molar-refractivity contribution in [2.24, 2.45) is 0 Å². The van der Waals surface area contributed by atoms with E-state index >= 15 is 0 Å². The second kappa shape index (κ2) is 5.20. The first kappa shape index (κ1) is 12.1. The van der Waals surface area contributed by atoms with Crippen molar-refractivity contribution in [2.45, 2.75) is 53.0 Å². The van der Waals surface area contributed by atoms with Crippen molar-refractivity contribution in [3.63, 3.8) is 0 Å². The van der Waals surface area contributed by atoms with Crippen LogP contribution in [0.5, 0.6) is 0 Å². The summed E-state index contributed by atoms with van der Waals surface area (Å²) in [5, 5.41) is 3.53. The second-order valence-corrected chi connectivity index (χ2v) is 4.68. The Bertz CT molecular complexity index is 315. The fraction of sp³-hybridized carbons (Fsp3) is 0.571. The maximum Gasteiger partial charge on any atom is 0.0372 e. The third-order valence-electron chi connectivity index (χ3n) is 2.93. The lowest BCUT2D eigenvalue weighted by molar-refractivity contribution is 0.762. The van der Waals surface area contributed by atoms with Gasteiger partial charge < -0.3 is 5.32 Å². The van der Waals surface area contributed by atoms with Gasteiger partial charge in [0.2, 0.25) is 0 Å². The number of hydrogen-bond acceptors (Lipinski definition) is 1. The molecule has 1 unspecified atom stereocenters. The Morgan fingerprint density at radius 1 is 1.20 bits per heavy atom. The van der Waals surface area contributed by atoms with E-state index in [1.165, 1.54) is 16.8 Å². The lowest BCUT2D eigenvalue weighted by Crippen LogP contribution is -2.14. The van der Waals surface area contributed by atoms with Crippen LogP contribution in [0.15, 0.2) is 18.2 Å². The molecule has 0 aliphatic rings. The number of rotatable bonds is 4. The van der Waals surface area contributed by atoms with Crippen LogP contribution in [0.4, 0.5) is 5.69 Å². The molecule has 1 nitrogen and oxygen atoms in total. The van der Waals surface area contributed by atoms with Crippen LogP contribution in [0.3, 0.4) is 0 Å². The molecule has 0 fully saturated rings. The molecule has 0 aliphatic carbocycles. The van der Waals surface area contributed by atoms with Crippen LogP contribution in [0.25, 0.3) is 0 Å². The van der Waals surface area contributed by atoms with Crippen molar-refractivity contribution in [2.75, 3.05) is 5.32 Å². The minimum Gasteiger partial charge on any atom is -0.382 e. The average Bonchev–Trinajstić information content (AvgIpc) is 2.20. The Morgan fingerprint density at radius 2 is 1.87 bits per heavy atom. The molecule has 1 aromatic rings. The number of hydrogen-bond donors (Lipinski definition) is 1. The predicted octanol–water partition coefficient (Wildman–Crippen LogP) is 4.33. The molecule has 1 heteroatoms. The van der Waals surface area contributed by atoms with Crippen molar-refractivity contribution < 1.29 is 0 Å². The second-order valence-electron chi connectivity index (χ2n) is 4.68. The highest BCUT2D eigenvalue weighted by molar-refractivity contribution is 5.53. The van der Waals surface area contributed by atoms with Crippen LogP contribution in [0.1, 0.15) is 51.2 Å². The topological polar surface area (TPSA) is 12.0 Å². The molecule has 15 heavy (non-hydrogen) atoms. The molecule has 1 rings (SSSR count). The Hall–Kier alpha value is -0.980. The Morgan fingerprint density at radius 3 is 2.33 bits per heavy atom. The summed E-state index contributed by atoms with van der Waals surface area (Å²) in [7, 11) is 0. The van der Waals surface area contributed by atoms with Gasteiger partial charge in [-0.2, -0.15) is 0 Å². The van der Waals surface area contributed by atoms with E-state index in [1.54, 1.807) is 0 Å². The normalized spacial score (nSPS) is 12.9. The number of anilines is 1. The first-order valence-corrected chi connectivity index (χ1v) is 5.91. The zero-order chi connectivity index (χ0) is 11.4. The zero-order valence-corrected chi connectivity index (χ0v) is 10.6. The summed E-state index contributed by atoms with van der Waals surface area (Å²) in [5.41, 5.74) is 4.04. The van der Waals surface area contributed by atoms with Crippen molar-refractivity contribution in [3.05, 3.63) is 29.3 Å². The molecule has 0 aromatic heterocycles. The van der Waals surface area contributed by atoms with Crippen LogP contribution in [0.2, 0.25) is 0 Å². The molecule has 0 amide bonds. The predicted molar refractivity (Wildman–Crippen MR) is 68.6 cm³/mol. The highest BCUT2D eigenvalue weighted by Gasteiger charge is 2.04. The number of benzene rings is 1. The largest absolute Gasteiger partial charge is 0.382 e. The monoisotopic (exact) mass is 205 g/mol. The summed E-state index contributed by atoms with van der Waals surface area (Å²) in [6.45, 7) is 11.1. The van der Waals surface area contributed by atoms with Crippen LogP contribution < -0.4 is 5.32 Å². The molecule has 1 atom stereocenters. The molecule has 0 heterocycles. The van der Waals surface area contributed by atoms with E-state index in [0.29, 0.717) is 12.0 Å². The molecule has 1 N–H and O–H groups in total. The fourth-order valence-electron chi connectivity index (χ4n) is 1.58. The van der Waals surface area contributed by atoms with E-state index in [0.717, 1.165) is 6.42 Å². The lowest BCUT2D eigenvalue weighted by atomic mass is 10.00. The molecule has 0 saturated heterocycles. The van der Waals surface area contributed by atoms with E-state index in [4.69, 9.17) is 0 Å². The summed E-state index contributed by atoms with van der Waals surface area (Å²) >= 11 is 0. The molecule has 0 radical (unpaired) electrons. The third-order valence-corrected chi connectivity index (χ3v) is 2.93. The van der Waals surface area contributed by atoms with E-state index in [-0.39, 0.29) is 0 Å². The van der Waals surface area contributed by atoms with Gasteiger partial charge in [0.15, 0.2) is 0 Å². The first-order valence-electron chi connectivity index (χ1n) is 5.91. The molecule has 0 bridgehead atoms. The molecular weight excluding hydrogens is 182 g/mol. The highest BCUT2D eigenvalue weighted by atomic mass is 14.9. The van der Waals surface area contributed by atoms with Gasteiger partial charge in [-0.25, -0.2) is 0 Å². The Labute approximate surface area is 93.9 Å². The molecular formula is C14H23N. The lowest BCUT2D eigenvalue weighted by Gasteiger charge is -2.16. The third kappa shape index (κ3) is 3.26. The van der Waals surface area contributed by atoms with E-state index in [1.807, 2.05) is 0 Å². The SMILES string of the molecule is CCC(C)Nc1ccc(C(C)C)cc1C. The Balaban J connectivity index is 2.83. The standard InChI is InChI=1S/C14H23N/c1-6-12(5)15-14-8-7-13(10(2)3)9-11(14)4/h7-10,12,15H,6H2,1-5H3. The first-order chi connectivity index (χ1) is 7.04. The highest BCUT2D eigenvalue weighted by Crippen LogP contribution is 2.22. The summed E-state index contributed by atoms with van der Waals surface area (Å²) < 4.78 is 0. The minimum atomic E-state index is 0.550. The van der Waals surface area contributed by atoms with E-state index < -0.39 is 0 Å². The van der Waals surface area contributed by atoms with Crippen molar-refractivity contribution in [3.8, 4) is 0 Å². The minimum absolute atomic E-state index is 0.550. The quantitative estimate of drug-likeness (QED) is 0.771. The van der Waals surface area contributed by atoms with Gasteiger partial charge in [-0.1, -0.05) is 32.9 Å². The average molecular weight is 205 g/mol. The van der Waals surface area contributed by atoms with Crippen LogP contribution >= 0.6 is 0 Å². The molecule has 1 aromatic carbocycles. The van der Waals surface area contributed by atoms with Gasteiger partial charge in [0.25, 0.3) is 0 Å². The summed E-state index contributed by atoms with van der Waals surface area (Å²) in [6, 6.07) is 7.27. The number of aryl methyl sites for hydroxylation is 1. The van der Waals surface area contributed by atoms with Crippen LogP contribution in [0, 0.1) is 6.92 Å². The summed E-state index contributed by atoms with van der Waals surface area (Å²) in [6.07, 6.45) is 1.16. The smallest absolute Gasteiger partial charge is 0.0372 e. The van der Waals surface area contributed by atoms with Gasteiger partial charge in [-0.3, -0.25) is 0 Å².